The van der Waals surface area contributed by atoms with E-state index in [9.17, 15) is 14.4 Å². The first-order chi connectivity index (χ1) is 18.5. The number of methoxy groups -OCH3 is 1. The largest absolute Gasteiger partial charge is 0.497 e. The molecule has 12 heteroatoms. The topological polar surface area (TPSA) is 142 Å². The fraction of sp³-hybridized carbons (Fsp3) is 0.462. The highest BCUT2D eigenvalue weighted by Crippen LogP contribution is 2.25. The van der Waals surface area contributed by atoms with Gasteiger partial charge >= 0.3 is 5.97 Å². The van der Waals surface area contributed by atoms with Crippen LogP contribution in [0.5, 0.6) is 5.75 Å². The summed E-state index contributed by atoms with van der Waals surface area (Å²) in [5.74, 6) is -0.405. The van der Waals surface area contributed by atoms with Crippen molar-refractivity contribution >= 4 is 17.8 Å². The van der Waals surface area contributed by atoms with Gasteiger partial charge < -0.3 is 24.1 Å². The van der Waals surface area contributed by atoms with Crippen LogP contribution in [0.25, 0.3) is 11.4 Å². The van der Waals surface area contributed by atoms with E-state index in [4.69, 9.17) is 13.9 Å². The lowest BCUT2D eigenvalue weighted by molar-refractivity contribution is -0.153. The van der Waals surface area contributed by atoms with Crippen molar-refractivity contribution in [1.29, 1.82) is 0 Å². The van der Waals surface area contributed by atoms with Crippen LogP contribution in [0.1, 0.15) is 50.8 Å². The average Bonchev–Trinajstić information content (AvgIpc) is 3.62. The van der Waals surface area contributed by atoms with E-state index in [0.29, 0.717) is 17.1 Å². The Kier molecular flexibility index (Phi) is 9.07. The average molecular weight is 525 g/mol. The van der Waals surface area contributed by atoms with E-state index < -0.39 is 30.4 Å². The van der Waals surface area contributed by atoms with E-state index in [1.165, 1.54) is 6.26 Å². The number of amides is 2. The number of nitrogens with one attached hydrogen (secondary N) is 1. The normalized spacial score (nSPS) is 14.5. The van der Waals surface area contributed by atoms with E-state index in [1.807, 2.05) is 0 Å². The van der Waals surface area contributed by atoms with Crippen LogP contribution in [0.3, 0.4) is 0 Å². The minimum atomic E-state index is -1.17. The molecule has 1 N–H and O–H groups in total. The van der Waals surface area contributed by atoms with E-state index in [0.717, 1.165) is 41.8 Å². The molecular weight excluding hydrogens is 492 g/mol. The Morgan fingerprint density at radius 3 is 2.58 bits per heavy atom. The van der Waals surface area contributed by atoms with Crippen molar-refractivity contribution in [3.05, 3.63) is 48.4 Å². The van der Waals surface area contributed by atoms with Crippen LogP contribution >= 0.6 is 0 Å². The summed E-state index contributed by atoms with van der Waals surface area (Å²) in [5, 5.41) is 15.4. The smallest absolute Gasteiger partial charge is 0.325 e. The molecule has 0 spiro atoms. The molecule has 4 rings (SSSR count). The van der Waals surface area contributed by atoms with Crippen LogP contribution in [-0.4, -0.2) is 69.2 Å². The van der Waals surface area contributed by atoms with Crippen molar-refractivity contribution in [3.63, 3.8) is 0 Å². The van der Waals surface area contributed by atoms with Gasteiger partial charge in [0.15, 0.2) is 6.04 Å². The van der Waals surface area contributed by atoms with E-state index in [2.05, 4.69) is 20.7 Å². The number of esters is 1. The Hall–Kier alpha value is -4.22. The summed E-state index contributed by atoms with van der Waals surface area (Å²) >= 11 is 0. The molecule has 3 aromatic rings. The molecule has 0 unspecified atom stereocenters. The lowest BCUT2D eigenvalue weighted by Crippen LogP contribution is -2.49. The third kappa shape index (κ3) is 6.75. The Labute approximate surface area is 220 Å². The van der Waals surface area contributed by atoms with Gasteiger partial charge in [0, 0.05) is 11.6 Å². The quantitative estimate of drug-likeness (QED) is 0.374. The molecule has 1 aliphatic carbocycles. The van der Waals surface area contributed by atoms with Gasteiger partial charge in [0.2, 0.25) is 11.7 Å². The molecule has 1 fully saturated rings. The molecule has 2 amide bonds. The van der Waals surface area contributed by atoms with Crippen molar-refractivity contribution in [2.45, 2.75) is 57.7 Å². The summed E-state index contributed by atoms with van der Waals surface area (Å²) in [5.41, 5.74) is 0.688. The fourth-order valence-corrected chi connectivity index (χ4v) is 4.45. The molecule has 0 aliphatic heterocycles. The fourth-order valence-electron chi connectivity index (χ4n) is 4.45. The first-order valence-corrected chi connectivity index (χ1v) is 12.7. The van der Waals surface area contributed by atoms with Crippen LogP contribution in [-0.2, 0) is 25.7 Å². The number of hydrogen-bond donors (Lipinski definition) is 1. The molecule has 38 heavy (non-hydrogen) atoms. The zero-order chi connectivity index (χ0) is 26.9. The number of nitrogens with zero attached hydrogens (tertiary/aromatic N) is 5. The minimum absolute atomic E-state index is 0.00251. The Morgan fingerprint density at radius 2 is 1.92 bits per heavy atom. The Morgan fingerprint density at radius 1 is 1.16 bits per heavy atom. The standard InChI is InChI=1S/C26H32N6O6/c1-3-37-23(34)17-31(24(21-10-7-15-38-21)26(35)27-19-8-5-4-6-9-19)22(33)16-32-29-25(28-30-32)18-11-13-20(36-2)14-12-18/h7,10-15,19,24H,3-6,8-9,16-17H2,1-2H3,(H,27,35)/t24-/m0/s1. The maximum atomic E-state index is 13.6. The van der Waals surface area contributed by atoms with Crippen LogP contribution in [0.15, 0.2) is 47.1 Å². The molecule has 202 valence electrons. The SMILES string of the molecule is CCOC(=O)CN(C(=O)Cn1nnc(-c2ccc(OC)cc2)n1)[C@H](C(=O)NC1CCCCC1)c1ccco1. The van der Waals surface area contributed by atoms with Gasteiger partial charge in [0.1, 0.15) is 24.6 Å². The number of carbonyl (C=O) groups excluding carboxylic acids is 3. The predicted octanol–water partition coefficient (Wildman–Crippen LogP) is 2.52. The summed E-state index contributed by atoms with van der Waals surface area (Å²) in [6.07, 6.45) is 6.32. The first-order valence-electron chi connectivity index (χ1n) is 12.7. The number of carbonyl (C=O) groups is 3. The predicted molar refractivity (Wildman–Crippen MR) is 135 cm³/mol. The van der Waals surface area contributed by atoms with Gasteiger partial charge in [0.05, 0.1) is 20.0 Å². The molecule has 0 bridgehead atoms. The molecule has 1 atom stereocenters. The van der Waals surface area contributed by atoms with Gasteiger partial charge in [-0.25, -0.2) is 0 Å². The van der Waals surface area contributed by atoms with Crippen LogP contribution in [0.4, 0.5) is 0 Å². The Bertz CT molecular complexity index is 1200. The molecular formula is C26H32N6O6. The van der Waals surface area contributed by atoms with Crippen molar-refractivity contribution in [2.75, 3.05) is 20.3 Å². The maximum absolute atomic E-state index is 13.6. The molecule has 0 saturated heterocycles. The van der Waals surface area contributed by atoms with Crippen LogP contribution in [0.2, 0.25) is 0 Å². The van der Waals surface area contributed by atoms with Gasteiger partial charge in [-0.2, -0.15) is 4.80 Å². The number of aromatic nitrogens is 4. The third-order valence-electron chi connectivity index (χ3n) is 6.33. The van der Waals surface area contributed by atoms with Crippen molar-refractivity contribution in [1.82, 2.24) is 30.4 Å². The summed E-state index contributed by atoms with van der Waals surface area (Å²) in [7, 11) is 1.57. The third-order valence-corrected chi connectivity index (χ3v) is 6.33. The molecule has 1 aromatic carbocycles. The van der Waals surface area contributed by atoms with Gasteiger partial charge in [-0.3, -0.25) is 14.4 Å². The number of ether oxygens (including phenoxy) is 2. The van der Waals surface area contributed by atoms with Crippen LogP contribution < -0.4 is 10.1 Å². The number of benzene rings is 1. The van der Waals surface area contributed by atoms with Crippen molar-refractivity contribution in [2.24, 2.45) is 0 Å². The molecule has 1 saturated carbocycles. The van der Waals surface area contributed by atoms with Crippen molar-refractivity contribution in [3.8, 4) is 17.1 Å². The zero-order valence-electron chi connectivity index (χ0n) is 21.5. The van der Waals surface area contributed by atoms with Crippen LogP contribution in [0, 0.1) is 0 Å². The number of hydrogen-bond acceptors (Lipinski definition) is 9. The van der Waals surface area contributed by atoms with E-state index in [-0.39, 0.29) is 25.0 Å². The second-order valence-electron chi connectivity index (χ2n) is 8.96. The second kappa shape index (κ2) is 12.8. The van der Waals surface area contributed by atoms with Gasteiger partial charge in [-0.15, -0.1) is 10.2 Å². The number of furan rings is 1. The highest BCUT2D eigenvalue weighted by atomic mass is 16.5. The highest BCUT2D eigenvalue weighted by Gasteiger charge is 2.36. The highest BCUT2D eigenvalue weighted by molar-refractivity contribution is 5.90. The van der Waals surface area contributed by atoms with Gasteiger partial charge in [-0.05, 0) is 61.4 Å². The number of rotatable bonds is 11. The lowest BCUT2D eigenvalue weighted by Gasteiger charge is -2.31. The van der Waals surface area contributed by atoms with E-state index >= 15 is 0 Å². The van der Waals surface area contributed by atoms with E-state index in [1.54, 1.807) is 50.4 Å². The summed E-state index contributed by atoms with van der Waals surface area (Å²) in [4.78, 5) is 41.8. The molecule has 2 aromatic heterocycles. The monoisotopic (exact) mass is 524 g/mol. The first kappa shape index (κ1) is 26.8. The lowest BCUT2D eigenvalue weighted by atomic mass is 9.95. The van der Waals surface area contributed by atoms with Gasteiger partial charge in [-0.1, -0.05) is 19.3 Å². The summed E-state index contributed by atoms with van der Waals surface area (Å²) < 4.78 is 15.8. The summed E-state index contributed by atoms with van der Waals surface area (Å²) in [6.45, 7) is 1.01. The zero-order valence-corrected chi connectivity index (χ0v) is 21.5. The molecule has 0 radical (unpaired) electrons. The molecule has 12 nitrogen and oxygen atoms in total. The Balaban J connectivity index is 1.57. The number of tetrazole rings is 1. The second-order valence-corrected chi connectivity index (χ2v) is 8.96. The summed E-state index contributed by atoms with van der Waals surface area (Å²) in [6, 6.07) is 9.14. The van der Waals surface area contributed by atoms with Crippen molar-refractivity contribution < 1.29 is 28.3 Å². The maximum Gasteiger partial charge on any atom is 0.325 e. The minimum Gasteiger partial charge on any atom is -0.497 e. The van der Waals surface area contributed by atoms with Gasteiger partial charge in [0.25, 0.3) is 5.91 Å². The molecule has 1 aliphatic rings. The molecule has 2 heterocycles.